The molecule has 0 bridgehead atoms. The molecule has 78 valence electrons. The number of carboxylic acids is 1. The van der Waals surface area contributed by atoms with Crippen LogP contribution in [0.25, 0.3) is 0 Å². The van der Waals surface area contributed by atoms with Crippen LogP contribution < -0.4 is 5.73 Å². The monoisotopic (exact) mass is 195 g/mol. The Hall–Kier alpha value is -0.710. The number of hydrogen-bond acceptors (Lipinski definition) is 2. The molecule has 0 unspecified atom stereocenters. The minimum Gasteiger partial charge on any atom is -0.480 e. The Morgan fingerprint density at radius 3 is 2.23 bits per heavy atom. The van der Waals surface area contributed by atoms with Crippen molar-refractivity contribution in [3.05, 3.63) is 0 Å². The number of alkyl halides is 2. The lowest BCUT2D eigenvalue weighted by Crippen LogP contribution is -2.35. The van der Waals surface area contributed by atoms with Crippen molar-refractivity contribution < 1.29 is 18.7 Å². The van der Waals surface area contributed by atoms with Gasteiger partial charge in [0, 0.05) is 6.42 Å². The van der Waals surface area contributed by atoms with Gasteiger partial charge in [0.15, 0.2) is 0 Å². The van der Waals surface area contributed by atoms with E-state index in [1.165, 1.54) is 0 Å². The van der Waals surface area contributed by atoms with Gasteiger partial charge in [-0.05, 0) is 11.8 Å². The van der Waals surface area contributed by atoms with E-state index in [1.54, 1.807) is 13.8 Å². The first-order valence-electron chi connectivity index (χ1n) is 4.01. The van der Waals surface area contributed by atoms with Crippen molar-refractivity contribution >= 4 is 5.97 Å². The molecule has 0 amide bonds. The summed E-state index contributed by atoms with van der Waals surface area (Å²) in [6, 6.07) is -1.06. The molecule has 0 aromatic heterocycles. The smallest absolute Gasteiger partial charge is 0.320 e. The first-order chi connectivity index (χ1) is 5.74. The molecule has 0 aromatic carbocycles. The minimum absolute atomic E-state index is 0.0622. The maximum absolute atomic E-state index is 12.0. The van der Waals surface area contributed by atoms with Crippen LogP contribution in [-0.4, -0.2) is 23.5 Å². The second kappa shape index (κ2) is 4.50. The molecule has 0 saturated carbocycles. The van der Waals surface area contributed by atoms with Crippen molar-refractivity contribution in [2.24, 2.45) is 11.1 Å². The highest BCUT2D eigenvalue weighted by Gasteiger charge is 2.28. The number of hydrogen-bond donors (Lipinski definition) is 2. The van der Waals surface area contributed by atoms with E-state index in [9.17, 15) is 13.6 Å². The van der Waals surface area contributed by atoms with E-state index >= 15 is 0 Å². The van der Waals surface area contributed by atoms with Gasteiger partial charge in [-0.3, -0.25) is 4.79 Å². The van der Waals surface area contributed by atoms with Gasteiger partial charge in [0.2, 0.25) is 6.43 Å². The van der Waals surface area contributed by atoms with Crippen molar-refractivity contribution in [1.82, 2.24) is 0 Å². The molecule has 0 aliphatic carbocycles. The molecular weight excluding hydrogens is 180 g/mol. The lowest BCUT2D eigenvalue weighted by atomic mass is 9.83. The van der Waals surface area contributed by atoms with Gasteiger partial charge in [0.25, 0.3) is 0 Å². The molecule has 0 aromatic rings. The van der Waals surface area contributed by atoms with Crippen LogP contribution in [0.4, 0.5) is 8.78 Å². The number of carboxylic acid groups (broad SMARTS) is 1. The third-order valence-corrected chi connectivity index (χ3v) is 1.80. The SMILES string of the molecule is CC(C)(CC(F)F)C[C@@H](N)C(=O)O. The van der Waals surface area contributed by atoms with Gasteiger partial charge in [-0.2, -0.15) is 0 Å². The zero-order valence-electron chi connectivity index (χ0n) is 7.76. The largest absolute Gasteiger partial charge is 0.480 e. The molecule has 0 heterocycles. The molecule has 3 N–H and O–H groups in total. The predicted octanol–water partition coefficient (Wildman–Crippen LogP) is 1.47. The summed E-state index contributed by atoms with van der Waals surface area (Å²) in [5, 5.41) is 8.47. The molecule has 1 atom stereocenters. The highest BCUT2D eigenvalue weighted by molar-refractivity contribution is 5.73. The number of nitrogens with two attached hydrogens (primary N) is 1. The molecule has 0 rings (SSSR count). The van der Waals surface area contributed by atoms with Gasteiger partial charge in [-0.25, -0.2) is 8.78 Å². The van der Waals surface area contributed by atoms with Crippen LogP contribution in [0.1, 0.15) is 26.7 Å². The molecule has 3 nitrogen and oxygen atoms in total. The summed E-state index contributed by atoms with van der Waals surface area (Å²) in [7, 11) is 0. The zero-order chi connectivity index (χ0) is 10.6. The molecule has 5 heteroatoms. The molecule has 0 fully saturated rings. The number of aliphatic carboxylic acids is 1. The van der Waals surface area contributed by atoms with Crippen LogP contribution in [0.2, 0.25) is 0 Å². The molecule has 0 aliphatic heterocycles. The highest BCUT2D eigenvalue weighted by Crippen LogP contribution is 2.29. The first kappa shape index (κ1) is 12.3. The summed E-state index contributed by atoms with van der Waals surface area (Å²) in [5.41, 5.74) is 4.50. The first-order valence-corrected chi connectivity index (χ1v) is 4.01. The van der Waals surface area contributed by atoms with Gasteiger partial charge in [-0.1, -0.05) is 13.8 Å². The Labute approximate surface area is 75.9 Å². The Bertz CT molecular complexity index is 183. The van der Waals surface area contributed by atoms with Crippen molar-refractivity contribution in [2.45, 2.75) is 39.2 Å². The van der Waals surface area contributed by atoms with E-state index in [0.29, 0.717) is 0 Å². The van der Waals surface area contributed by atoms with Gasteiger partial charge in [0.05, 0.1) is 0 Å². The van der Waals surface area contributed by atoms with Crippen molar-refractivity contribution in [3.63, 3.8) is 0 Å². The third-order valence-electron chi connectivity index (χ3n) is 1.80. The van der Waals surface area contributed by atoms with Crippen LogP contribution in [0.15, 0.2) is 0 Å². The lowest BCUT2D eigenvalue weighted by Gasteiger charge is -2.25. The summed E-state index contributed by atoms with van der Waals surface area (Å²) < 4.78 is 24.0. The third kappa shape index (κ3) is 5.52. The van der Waals surface area contributed by atoms with Crippen LogP contribution in [0.5, 0.6) is 0 Å². The van der Waals surface area contributed by atoms with E-state index in [2.05, 4.69) is 0 Å². The fourth-order valence-electron chi connectivity index (χ4n) is 1.18. The molecular formula is C8H15F2NO2. The number of rotatable bonds is 5. The van der Waals surface area contributed by atoms with Crippen LogP contribution >= 0.6 is 0 Å². The quantitative estimate of drug-likeness (QED) is 0.698. The normalized spacial score (nSPS) is 14.6. The summed E-state index contributed by atoms with van der Waals surface area (Å²) in [4.78, 5) is 10.4. The molecule has 0 aliphatic rings. The fraction of sp³-hybridized carbons (Fsp3) is 0.875. The van der Waals surface area contributed by atoms with E-state index in [1.807, 2.05) is 0 Å². The van der Waals surface area contributed by atoms with Gasteiger partial charge in [0.1, 0.15) is 6.04 Å². The maximum Gasteiger partial charge on any atom is 0.320 e. The Kier molecular flexibility index (Phi) is 4.26. The summed E-state index contributed by atoms with van der Waals surface area (Å²) in [5.74, 6) is -1.15. The van der Waals surface area contributed by atoms with E-state index < -0.39 is 23.9 Å². The second-order valence-electron chi connectivity index (χ2n) is 3.91. The molecule has 0 saturated heterocycles. The van der Waals surface area contributed by atoms with E-state index in [4.69, 9.17) is 10.8 Å². The predicted molar refractivity (Wildman–Crippen MR) is 44.6 cm³/mol. The average molecular weight is 195 g/mol. The highest BCUT2D eigenvalue weighted by atomic mass is 19.3. The van der Waals surface area contributed by atoms with Gasteiger partial charge < -0.3 is 10.8 Å². The van der Waals surface area contributed by atoms with Crippen LogP contribution in [0.3, 0.4) is 0 Å². The fourth-order valence-corrected chi connectivity index (χ4v) is 1.18. The molecule has 0 spiro atoms. The van der Waals surface area contributed by atoms with Gasteiger partial charge in [-0.15, -0.1) is 0 Å². The average Bonchev–Trinajstić information content (AvgIpc) is 1.81. The van der Waals surface area contributed by atoms with Gasteiger partial charge >= 0.3 is 5.97 Å². The van der Waals surface area contributed by atoms with E-state index in [0.717, 1.165) is 0 Å². The summed E-state index contributed by atoms with van der Waals surface area (Å²) >= 11 is 0. The van der Waals surface area contributed by atoms with Crippen LogP contribution in [-0.2, 0) is 4.79 Å². The topological polar surface area (TPSA) is 63.3 Å². The number of carbonyl (C=O) groups is 1. The Morgan fingerprint density at radius 1 is 1.46 bits per heavy atom. The molecule has 0 radical (unpaired) electrons. The molecule has 13 heavy (non-hydrogen) atoms. The zero-order valence-corrected chi connectivity index (χ0v) is 7.76. The van der Waals surface area contributed by atoms with Crippen molar-refractivity contribution in [2.75, 3.05) is 0 Å². The second-order valence-corrected chi connectivity index (χ2v) is 3.91. The number of halogens is 2. The van der Waals surface area contributed by atoms with Crippen LogP contribution in [0, 0.1) is 5.41 Å². The van der Waals surface area contributed by atoms with Crippen molar-refractivity contribution in [1.29, 1.82) is 0 Å². The standard InChI is InChI=1S/C8H15F2NO2/c1-8(2,4-6(9)10)3-5(11)7(12)13/h5-6H,3-4,11H2,1-2H3,(H,12,13)/t5-/m1/s1. The lowest BCUT2D eigenvalue weighted by molar-refractivity contribution is -0.139. The van der Waals surface area contributed by atoms with E-state index in [-0.39, 0.29) is 12.8 Å². The minimum atomic E-state index is -2.42. The Balaban J connectivity index is 4.08. The van der Waals surface area contributed by atoms with Crippen molar-refractivity contribution in [3.8, 4) is 0 Å². The maximum atomic E-state index is 12.0. The summed E-state index contributed by atoms with van der Waals surface area (Å²) in [6.45, 7) is 3.17. The summed E-state index contributed by atoms with van der Waals surface area (Å²) in [6.07, 6.45) is -2.68. The Morgan fingerprint density at radius 2 is 1.92 bits per heavy atom.